The molecule has 3 heterocycles. The molecular formula is C46H46N6O5. The highest BCUT2D eigenvalue weighted by molar-refractivity contribution is 5.89. The molecule has 3 atom stereocenters. The number of aliphatic hydroxyl groups excluding tert-OH is 1. The van der Waals surface area contributed by atoms with E-state index in [2.05, 4.69) is 66.8 Å². The molecule has 0 saturated carbocycles. The molecule has 2 fully saturated rings. The van der Waals surface area contributed by atoms with Crippen molar-refractivity contribution in [3.63, 3.8) is 0 Å². The van der Waals surface area contributed by atoms with Gasteiger partial charge in [-0.3, -0.25) is 4.90 Å². The number of hydrogen-bond donors (Lipinski definition) is 3. The Kier molecular flexibility index (Phi) is 12.1. The van der Waals surface area contributed by atoms with Crippen LogP contribution in [0.15, 0.2) is 146 Å². The Morgan fingerprint density at radius 3 is 2.18 bits per heavy atom. The molecule has 2 amide bonds. The van der Waals surface area contributed by atoms with Crippen molar-refractivity contribution in [1.82, 2.24) is 20.2 Å². The molecular weight excluding hydrogens is 717 g/mol. The van der Waals surface area contributed by atoms with Gasteiger partial charge < -0.3 is 34.9 Å². The topological polar surface area (TPSA) is 121 Å². The van der Waals surface area contributed by atoms with E-state index in [1.54, 1.807) is 12.4 Å². The smallest absolute Gasteiger partial charge is 0.319 e. The molecule has 290 valence electrons. The highest BCUT2D eigenvalue weighted by Crippen LogP contribution is 2.39. The predicted octanol–water partition coefficient (Wildman–Crippen LogP) is 8.12. The SMILES string of the molecule is O=C(NCc1cccc(-c2ccc([C@H]3O[C@@H](CN4CCN(c5ncccn5)CC4)C[C@@H](c4ccc(CO)cc4)O3)cc2)c1)Nc1ccc(Oc2ccccc2)cc1. The Labute approximate surface area is 332 Å². The minimum atomic E-state index is -0.541. The van der Waals surface area contributed by atoms with Crippen LogP contribution in [0.2, 0.25) is 0 Å². The molecule has 0 unspecified atom stereocenters. The number of para-hydroxylation sites is 1. The highest BCUT2D eigenvalue weighted by atomic mass is 16.7. The second kappa shape index (κ2) is 18.2. The van der Waals surface area contributed by atoms with Gasteiger partial charge in [-0.2, -0.15) is 0 Å². The summed E-state index contributed by atoms with van der Waals surface area (Å²) in [6.45, 7) is 4.67. The van der Waals surface area contributed by atoms with E-state index in [-0.39, 0.29) is 24.8 Å². The number of ether oxygens (including phenoxy) is 3. The summed E-state index contributed by atoms with van der Waals surface area (Å²) >= 11 is 0. The van der Waals surface area contributed by atoms with Crippen LogP contribution in [0.25, 0.3) is 11.1 Å². The molecule has 57 heavy (non-hydrogen) atoms. The van der Waals surface area contributed by atoms with Crippen molar-refractivity contribution >= 4 is 17.7 Å². The molecule has 0 aliphatic carbocycles. The summed E-state index contributed by atoms with van der Waals surface area (Å²) in [7, 11) is 0. The van der Waals surface area contributed by atoms with Gasteiger partial charge in [0.2, 0.25) is 5.95 Å². The summed E-state index contributed by atoms with van der Waals surface area (Å²) in [6, 6.07) is 42.9. The van der Waals surface area contributed by atoms with Gasteiger partial charge in [0.15, 0.2) is 6.29 Å². The van der Waals surface area contributed by atoms with Crippen LogP contribution in [0.1, 0.15) is 41.1 Å². The largest absolute Gasteiger partial charge is 0.457 e. The maximum absolute atomic E-state index is 12.8. The van der Waals surface area contributed by atoms with Gasteiger partial charge in [-0.15, -0.1) is 0 Å². The Balaban J connectivity index is 0.884. The first-order valence-corrected chi connectivity index (χ1v) is 19.4. The summed E-state index contributed by atoms with van der Waals surface area (Å²) in [5, 5.41) is 15.5. The molecule has 11 heteroatoms. The lowest BCUT2D eigenvalue weighted by Gasteiger charge is -2.40. The summed E-state index contributed by atoms with van der Waals surface area (Å²) in [4.78, 5) is 26.3. The number of rotatable bonds is 12. The zero-order chi connectivity index (χ0) is 38.8. The average molecular weight is 763 g/mol. The number of aliphatic hydroxyl groups is 1. The van der Waals surface area contributed by atoms with Crippen LogP contribution in [0.4, 0.5) is 16.4 Å². The second-order valence-electron chi connectivity index (χ2n) is 14.3. The van der Waals surface area contributed by atoms with Gasteiger partial charge in [-0.1, -0.05) is 84.9 Å². The second-order valence-corrected chi connectivity index (χ2v) is 14.3. The first kappa shape index (κ1) is 37.8. The number of urea groups is 1. The maximum Gasteiger partial charge on any atom is 0.319 e. The van der Waals surface area contributed by atoms with Crippen LogP contribution < -0.4 is 20.3 Å². The third-order valence-corrected chi connectivity index (χ3v) is 10.3. The zero-order valence-electron chi connectivity index (χ0n) is 31.6. The lowest BCUT2D eigenvalue weighted by molar-refractivity contribution is -0.253. The van der Waals surface area contributed by atoms with Crippen molar-refractivity contribution in [3.8, 4) is 22.6 Å². The van der Waals surface area contributed by atoms with Crippen molar-refractivity contribution in [1.29, 1.82) is 0 Å². The van der Waals surface area contributed by atoms with Crippen molar-refractivity contribution in [2.75, 3.05) is 42.9 Å². The van der Waals surface area contributed by atoms with Crippen molar-refractivity contribution < 1.29 is 24.1 Å². The molecule has 6 aromatic rings. The third kappa shape index (κ3) is 10.0. The number of carbonyl (C=O) groups excluding carboxylic acids is 1. The van der Waals surface area contributed by atoms with Crippen LogP contribution in [-0.4, -0.2) is 64.8 Å². The summed E-state index contributed by atoms with van der Waals surface area (Å²) in [6.07, 6.45) is 3.56. The minimum Gasteiger partial charge on any atom is -0.457 e. The van der Waals surface area contributed by atoms with Crippen LogP contribution in [0.5, 0.6) is 11.5 Å². The standard InChI is InChI=1S/C46H46N6O5/c53-32-33-10-12-36(13-11-33)43-29-42(31-51-24-26-52(27-25-51)45-47-22-5-23-48-45)56-44(57-43)37-16-14-35(15-17-37)38-7-4-6-34(28-38)30-49-46(54)50-39-18-20-41(21-19-39)55-40-8-2-1-3-9-40/h1-23,28,42-44,53H,24-27,29-32H2,(H2,49,50,54)/t42-,43+,44+/m1/s1. The number of nitrogens with zero attached hydrogens (tertiary/aromatic N) is 4. The molecule has 1 aromatic heterocycles. The maximum atomic E-state index is 12.8. The number of aromatic nitrogens is 2. The molecule has 0 spiro atoms. The third-order valence-electron chi connectivity index (χ3n) is 10.3. The summed E-state index contributed by atoms with van der Waals surface area (Å²) in [5.41, 5.74) is 6.62. The quantitative estimate of drug-likeness (QED) is 0.114. The number of carbonyl (C=O) groups is 1. The van der Waals surface area contributed by atoms with Gasteiger partial charge in [0.1, 0.15) is 11.5 Å². The monoisotopic (exact) mass is 762 g/mol. The molecule has 0 radical (unpaired) electrons. The predicted molar refractivity (Wildman–Crippen MR) is 220 cm³/mol. The lowest BCUT2D eigenvalue weighted by Crippen LogP contribution is -2.50. The molecule has 8 rings (SSSR count). The van der Waals surface area contributed by atoms with E-state index in [1.807, 2.05) is 97.1 Å². The van der Waals surface area contributed by atoms with Gasteiger partial charge in [0, 0.05) is 69.3 Å². The first-order chi connectivity index (χ1) is 28.0. The molecule has 3 N–H and O–H groups in total. The van der Waals surface area contributed by atoms with Crippen molar-refractivity contribution in [2.24, 2.45) is 0 Å². The Hall–Kier alpha value is -6.11. The van der Waals surface area contributed by atoms with Crippen molar-refractivity contribution in [3.05, 3.63) is 168 Å². The van der Waals surface area contributed by atoms with Gasteiger partial charge in [0.05, 0.1) is 18.8 Å². The number of piperazine rings is 1. The number of anilines is 2. The normalized spacial score (nSPS) is 18.5. The molecule has 0 bridgehead atoms. The van der Waals surface area contributed by atoms with Crippen LogP contribution in [0, 0.1) is 0 Å². The van der Waals surface area contributed by atoms with Gasteiger partial charge in [-0.25, -0.2) is 14.8 Å². The molecule has 2 aliphatic rings. The fourth-order valence-electron chi connectivity index (χ4n) is 7.19. The van der Waals surface area contributed by atoms with Gasteiger partial charge >= 0.3 is 6.03 Å². The van der Waals surface area contributed by atoms with E-state index < -0.39 is 6.29 Å². The fourth-order valence-corrected chi connectivity index (χ4v) is 7.19. The van der Waals surface area contributed by atoms with E-state index >= 15 is 0 Å². The number of amides is 2. The van der Waals surface area contributed by atoms with E-state index in [1.165, 1.54) is 0 Å². The van der Waals surface area contributed by atoms with Crippen LogP contribution in [-0.2, 0) is 22.6 Å². The van der Waals surface area contributed by atoms with Gasteiger partial charge in [0.25, 0.3) is 0 Å². The minimum absolute atomic E-state index is 0.00285. The molecule has 2 saturated heterocycles. The highest BCUT2D eigenvalue weighted by Gasteiger charge is 2.34. The number of benzene rings is 5. The summed E-state index contributed by atoms with van der Waals surface area (Å²) in [5.74, 6) is 2.21. The number of hydrogen-bond acceptors (Lipinski definition) is 9. The lowest BCUT2D eigenvalue weighted by atomic mass is 9.99. The average Bonchev–Trinajstić information content (AvgIpc) is 3.27. The Morgan fingerprint density at radius 1 is 0.719 bits per heavy atom. The fraction of sp³-hybridized carbons (Fsp3) is 0.239. The van der Waals surface area contributed by atoms with E-state index in [0.717, 1.165) is 84.2 Å². The van der Waals surface area contributed by atoms with Crippen LogP contribution in [0.3, 0.4) is 0 Å². The zero-order valence-corrected chi connectivity index (χ0v) is 31.6. The van der Waals surface area contributed by atoms with Crippen LogP contribution >= 0.6 is 0 Å². The van der Waals surface area contributed by atoms with Gasteiger partial charge in [-0.05, 0) is 76.3 Å². The van der Waals surface area contributed by atoms with E-state index in [4.69, 9.17) is 14.2 Å². The van der Waals surface area contributed by atoms with E-state index in [9.17, 15) is 9.90 Å². The molecule has 11 nitrogen and oxygen atoms in total. The Morgan fingerprint density at radius 2 is 1.44 bits per heavy atom. The van der Waals surface area contributed by atoms with Crippen molar-refractivity contribution in [2.45, 2.75) is 38.1 Å². The Bertz CT molecular complexity index is 2180. The number of nitrogens with one attached hydrogen (secondary N) is 2. The summed E-state index contributed by atoms with van der Waals surface area (Å²) < 4.78 is 19.2. The van der Waals surface area contributed by atoms with E-state index in [0.29, 0.717) is 18.0 Å². The molecule has 5 aromatic carbocycles. The molecule has 2 aliphatic heterocycles. The first-order valence-electron chi connectivity index (χ1n) is 19.4.